The molecule has 368 valence electrons. The maximum Gasteiger partial charge on any atom is 0.329 e. The van der Waals surface area contributed by atoms with Crippen molar-refractivity contribution in [2.45, 2.75) is 63.9 Å². The van der Waals surface area contributed by atoms with Gasteiger partial charge in [0.2, 0.25) is 0 Å². The number of anilines is 7. The molecule has 2 aromatic carbocycles. The van der Waals surface area contributed by atoms with Crippen LogP contribution in [0.25, 0.3) is 0 Å². The monoisotopic (exact) mass is 976 g/mol. The van der Waals surface area contributed by atoms with Gasteiger partial charge in [-0.3, -0.25) is 40.2 Å². The summed E-state index contributed by atoms with van der Waals surface area (Å²) < 4.78 is 0. The van der Waals surface area contributed by atoms with Gasteiger partial charge in [0.25, 0.3) is 0 Å². The quantitative estimate of drug-likeness (QED) is 0.142. The lowest BCUT2D eigenvalue weighted by Gasteiger charge is -2.41. The Hall–Kier alpha value is -6.99. The molecule has 18 nitrogen and oxygen atoms in total. The van der Waals surface area contributed by atoms with E-state index in [4.69, 9.17) is 16.6 Å². The van der Waals surface area contributed by atoms with Crippen LogP contribution in [0, 0.1) is 0 Å². The van der Waals surface area contributed by atoms with Crippen LogP contribution in [0.5, 0.6) is 0 Å². The predicted octanol–water partition coefficient (Wildman–Crippen LogP) is 6.85. The molecule has 0 saturated carbocycles. The van der Waals surface area contributed by atoms with Gasteiger partial charge >= 0.3 is 12.1 Å². The molecule has 4 bridgehead atoms. The van der Waals surface area contributed by atoms with Gasteiger partial charge in [0.05, 0.1) is 35.9 Å². The molecule has 4 atom stereocenters. The van der Waals surface area contributed by atoms with Crippen molar-refractivity contribution in [1.29, 1.82) is 0 Å². The second kappa shape index (κ2) is 22.0. The number of carbonyl (C=O) groups is 2. The minimum Gasteiger partial charge on any atom is -0.366 e. The first-order valence-electron chi connectivity index (χ1n) is 24.7. The minimum atomic E-state index is -0.261. The molecule has 6 aliphatic heterocycles. The van der Waals surface area contributed by atoms with Crippen LogP contribution in [0.1, 0.15) is 37.8 Å². The van der Waals surface area contributed by atoms with Crippen LogP contribution in [-0.4, -0.2) is 141 Å². The van der Waals surface area contributed by atoms with Crippen LogP contribution in [0.2, 0.25) is 5.15 Å². The molecule has 4 amide bonds. The second-order valence-electron chi connectivity index (χ2n) is 18.8. The third-order valence-corrected chi connectivity index (χ3v) is 14.3. The Bertz CT molecular complexity index is 2730. The summed E-state index contributed by atoms with van der Waals surface area (Å²) in [5.41, 5.74) is 4.72. The van der Waals surface area contributed by atoms with E-state index in [2.05, 4.69) is 152 Å². The highest BCUT2D eigenvalue weighted by Gasteiger charge is 2.42. The van der Waals surface area contributed by atoms with Gasteiger partial charge in [0, 0.05) is 115 Å². The molecule has 0 radical (unpaired) electrons. The van der Waals surface area contributed by atoms with Crippen molar-refractivity contribution in [3.8, 4) is 0 Å². The maximum absolute atomic E-state index is 13.3. The summed E-state index contributed by atoms with van der Waals surface area (Å²) in [4.78, 5) is 67.2. The number of hydrogen-bond donors (Lipinski definition) is 3. The molecule has 71 heavy (non-hydrogen) atoms. The van der Waals surface area contributed by atoms with Crippen LogP contribution >= 0.6 is 11.6 Å². The molecule has 4 fully saturated rings. The van der Waals surface area contributed by atoms with E-state index < -0.39 is 0 Å². The molecule has 10 heterocycles. The average molecular weight is 978 g/mol. The summed E-state index contributed by atoms with van der Waals surface area (Å²) in [5, 5.41) is 9.45. The van der Waals surface area contributed by atoms with Gasteiger partial charge in [0.1, 0.15) is 11.0 Å². The number of nitrogens with zero attached hydrogens (tertiary/aromatic N) is 13. The zero-order valence-electron chi connectivity index (χ0n) is 40.3. The topological polar surface area (TPSA) is 170 Å². The van der Waals surface area contributed by atoms with Crippen LogP contribution in [-0.2, 0) is 13.1 Å². The van der Waals surface area contributed by atoms with Gasteiger partial charge in [-0.1, -0.05) is 72.3 Å². The van der Waals surface area contributed by atoms with Crippen LogP contribution in [0.3, 0.4) is 0 Å². The molecule has 6 aromatic rings. The molecule has 4 aromatic heterocycles. The Labute approximate surface area is 420 Å². The first kappa shape index (κ1) is 47.7. The van der Waals surface area contributed by atoms with Crippen molar-refractivity contribution in [2.24, 2.45) is 0 Å². The summed E-state index contributed by atoms with van der Waals surface area (Å²) in [6, 6.07) is 30.0. The van der Waals surface area contributed by atoms with E-state index >= 15 is 0 Å². The van der Waals surface area contributed by atoms with Crippen molar-refractivity contribution in [3.05, 3.63) is 138 Å². The molecular weight excluding hydrogens is 916 g/mol. The van der Waals surface area contributed by atoms with Gasteiger partial charge < -0.3 is 20.0 Å². The Kier molecular flexibility index (Phi) is 14.8. The highest BCUT2D eigenvalue weighted by molar-refractivity contribution is 6.29. The lowest BCUT2D eigenvalue weighted by atomic mass is 10.1. The summed E-state index contributed by atoms with van der Waals surface area (Å²) in [6.07, 6.45) is 11.2. The van der Waals surface area contributed by atoms with Crippen LogP contribution < -0.4 is 40.4 Å². The fraction of sp³-hybridized carbons (Fsp3) is 0.385. The molecular formula is C52H61ClN16O2. The van der Waals surface area contributed by atoms with Gasteiger partial charge in [0.15, 0.2) is 23.3 Å². The fourth-order valence-electron chi connectivity index (χ4n) is 10.3. The normalized spacial score (nSPS) is 21.3. The summed E-state index contributed by atoms with van der Waals surface area (Å²) in [7, 11) is 0. The van der Waals surface area contributed by atoms with Crippen molar-refractivity contribution in [2.75, 3.05) is 101 Å². The summed E-state index contributed by atoms with van der Waals surface area (Å²) in [6.45, 7) is 16.3. The van der Waals surface area contributed by atoms with Crippen molar-refractivity contribution in [1.82, 2.24) is 45.0 Å². The van der Waals surface area contributed by atoms with E-state index in [1.807, 2.05) is 11.0 Å². The standard InChI is InChI=1S/C26H30N8O.C14H13ClN6O.C12H18N2/c1-19-16-33(14-13-31(19)17-20-5-3-2-4-6-20)24-8-7-22-25(30-24)34(21-9-12-32(22)18-21)26(35)29-23-15-27-10-11-28-23;15-11-2-1-10-13(18-11)21(9-3-6-20(10)8-9)14(22)19-12-7-16-4-5-17-12;1-11-9-13-7-8-14(11)10-12-5-3-2-4-6-12/h2-8,10-11,15,19,21H,9,12-14,16-18H2,1H3,(H,28,29,35);1-2,4-5,7,9H,3,6,8H2,(H,17,19,22);2-6,11,13H,7-10H2,1H3/t19?,21-;9-;/m00./s1. The molecule has 0 aliphatic carbocycles. The van der Waals surface area contributed by atoms with Crippen molar-refractivity contribution < 1.29 is 9.59 Å². The molecule has 4 saturated heterocycles. The van der Waals surface area contributed by atoms with E-state index in [1.165, 1.54) is 23.5 Å². The number of fused-ring (bicyclic) bond motifs is 8. The van der Waals surface area contributed by atoms with Crippen molar-refractivity contribution in [3.63, 3.8) is 0 Å². The van der Waals surface area contributed by atoms with Crippen LogP contribution in [0.4, 0.5) is 50.1 Å². The summed E-state index contributed by atoms with van der Waals surface area (Å²) in [5.74, 6) is 3.12. The lowest BCUT2D eigenvalue weighted by molar-refractivity contribution is 0.165. The Balaban J connectivity index is 0.000000137. The Morgan fingerprint density at radius 2 is 1.15 bits per heavy atom. The number of carbonyl (C=O) groups excluding carboxylic acids is 2. The number of benzene rings is 2. The lowest BCUT2D eigenvalue weighted by Crippen LogP contribution is -2.52. The average Bonchev–Trinajstić information content (AvgIpc) is 4.02. The first-order chi connectivity index (χ1) is 34.7. The predicted molar refractivity (Wildman–Crippen MR) is 279 cm³/mol. The van der Waals surface area contributed by atoms with Gasteiger partial charge in [-0.15, -0.1) is 0 Å². The van der Waals surface area contributed by atoms with Crippen molar-refractivity contribution >= 4 is 64.1 Å². The Morgan fingerprint density at radius 1 is 0.606 bits per heavy atom. The zero-order valence-corrected chi connectivity index (χ0v) is 41.0. The zero-order chi connectivity index (χ0) is 48.7. The van der Waals surface area contributed by atoms with Gasteiger partial charge in [-0.25, -0.2) is 29.5 Å². The number of pyridine rings is 2. The number of halogens is 1. The highest BCUT2D eigenvalue weighted by atomic mass is 35.5. The smallest absolute Gasteiger partial charge is 0.329 e. The molecule has 12 rings (SSSR count). The third-order valence-electron chi connectivity index (χ3n) is 14.1. The Morgan fingerprint density at radius 3 is 1.69 bits per heavy atom. The third kappa shape index (κ3) is 11.2. The number of rotatable bonds is 7. The fourth-order valence-corrected chi connectivity index (χ4v) is 10.5. The summed E-state index contributed by atoms with van der Waals surface area (Å²) >= 11 is 6.01. The number of nitrogens with one attached hydrogen (secondary N) is 3. The highest BCUT2D eigenvalue weighted by Crippen LogP contribution is 2.41. The molecule has 19 heteroatoms. The molecule has 3 N–H and O–H groups in total. The minimum absolute atomic E-state index is 0.0927. The molecule has 0 spiro atoms. The number of hydrogen-bond acceptors (Lipinski definition) is 14. The van der Waals surface area contributed by atoms with E-state index in [0.29, 0.717) is 34.7 Å². The maximum atomic E-state index is 13.3. The number of amides is 4. The van der Waals surface area contributed by atoms with E-state index in [1.54, 1.807) is 35.8 Å². The molecule has 2 unspecified atom stereocenters. The van der Waals surface area contributed by atoms with E-state index in [9.17, 15) is 9.59 Å². The number of piperazine rings is 2. The second-order valence-corrected chi connectivity index (χ2v) is 19.2. The van der Waals surface area contributed by atoms with E-state index in [0.717, 1.165) is 114 Å². The van der Waals surface area contributed by atoms with Gasteiger partial charge in [-0.2, -0.15) is 0 Å². The van der Waals surface area contributed by atoms with Gasteiger partial charge in [-0.05, 0) is 62.1 Å². The largest absolute Gasteiger partial charge is 0.366 e. The number of aromatic nitrogens is 6. The molecule has 6 aliphatic rings. The van der Waals surface area contributed by atoms with Crippen LogP contribution in [0.15, 0.2) is 122 Å². The van der Waals surface area contributed by atoms with E-state index in [-0.39, 0.29) is 24.1 Å². The SMILES string of the molecule is CC1CN(c2ccc3c(n2)N(C(=O)Nc2cnccn2)[C@H]2CCN3C2)CCN1Cc1ccccc1.CC1CNCCN1Cc1ccccc1.O=C(Nc1cnccn1)N1c2nc(Cl)ccc2N2CC[C@H]1C2. The number of urea groups is 2. The first-order valence-corrected chi connectivity index (χ1v) is 25.0.